The minimum absolute atomic E-state index is 0.372. The number of ether oxygens (including phenoxy) is 1. The Morgan fingerprint density at radius 2 is 1.77 bits per heavy atom. The molecule has 0 bridgehead atoms. The van der Waals surface area contributed by atoms with E-state index in [1.807, 2.05) is 61.5 Å². The Morgan fingerprint density at radius 3 is 2.42 bits per heavy atom. The number of amides is 1. The second kappa shape index (κ2) is 10.3. The molecule has 4 nitrogen and oxygen atoms in total. The largest absolute Gasteiger partial charge is 0.457 e. The van der Waals surface area contributed by atoms with E-state index in [2.05, 4.69) is 25.3 Å². The van der Waals surface area contributed by atoms with Gasteiger partial charge in [0.15, 0.2) is 0 Å². The van der Waals surface area contributed by atoms with Gasteiger partial charge in [-0.2, -0.15) is 0 Å². The van der Waals surface area contributed by atoms with Gasteiger partial charge in [0.2, 0.25) is 0 Å². The average molecular weight is 419 g/mol. The predicted octanol–water partition coefficient (Wildman–Crippen LogP) is 6.74. The fourth-order valence-electron chi connectivity index (χ4n) is 4.04. The number of carbonyl (C=O) groups is 1. The number of hydrogen-bond acceptors (Lipinski definition) is 2. The fourth-order valence-corrected chi connectivity index (χ4v) is 4.04. The topological polar surface area (TPSA) is 57.2 Å². The van der Waals surface area contributed by atoms with Gasteiger partial charge >= 0.3 is 0 Å². The van der Waals surface area contributed by atoms with Crippen molar-refractivity contribution in [2.45, 2.75) is 59.9 Å². The van der Waals surface area contributed by atoms with E-state index in [1.165, 1.54) is 5.69 Å². The molecule has 2 N–H and O–H groups in total. The zero-order valence-corrected chi connectivity index (χ0v) is 19.2. The molecule has 0 saturated carbocycles. The monoisotopic (exact) mass is 418 g/mol. The molecule has 3 aromatic rings. The Morgan fingerprint density at radius 1 is 1.06 bits per heavy atom. The number of carbonyl (C=O) groups excluding carboxylic acids is 1. The van der Waals surface area contributed by atoms with Crippen LogP contribution >= 0.6 is 0 Å². The first-order chi connectivity index (χ1) is 14.9. The second-order valence-corrected chi connectivity index (χ2v) is 8.53. The van der Waals surface area contributed by atoms with Crippen molar-refractivity contribution in [3.63, 3.8) is 0 Å². The van der Waals surface area contributed by atoms with Gasteiger partial charge in [-0.1, -0.05) is 57.5 Å². The van der Waals surface area contributed by atoms with Gasteiger partial charge in [0.05, 0.1) is 5.56 Å². The zero-order chi connectivity index (χ0) is 22.4. The highest BCUT2D eigenvalue weighted by Gasteiger charge is 2.24. The van der Waals surface area contributed by atoms with E-state index in [0.29, 0.717) is 11.5 Å². The fraction of sp³-hybridized carbons (Fsp3) is 0.370. The first-order valence-corrected chi connectivity index (χ1v) is 11.3. The van der Waals surface area contributed by atoms with Crippen LogP contribution in [0, 0.1) is 12.8 Å². The smallest absolute Gasteiger partial charge is 0.251 e. The summed E-state index contributed by atoms with van der Waals surface area (Å²) < 4.78 is 8.37. The summed E-state index contributed by atoms with van der Waals surface area (Å²) >= 11 is 0. The Hall–Kier alpha value is -3.01. The van der Waals surface area contributed by atoms with E-state index in [1.54, 1.807) is 0 Å². The molecule has 0 atom stereocenters. The molecule has 3 rings (SSSR count). The number of primary amides is 1. The number of nitrogens with zero attached hydrogens (tertiary/aromatic N) is 1. The van der Waals surface area contributed by atoms with Crippen LogP contribution in [0.2, 0.25) is 0 Å². The quantitative estimate of drug-likeness (QED) is 0.396. The summed E-state index contributed by atoms with van der Waals surface area (Å²) in [5.74, 6) is 1.74. The molecular weight excluding hydrogens is 384 g/mol. The van der Waals surface area contributed by atoms with E-state index in [-0.39, 0.29) is 5.91 Å². The third-order valence-electron chi connectivity index (χ3n) is 5.68. The summed E-state index contributed by atoms with van der Waals surface area (Å²) in [5, 5.41) is 0. The van der Waals surface area contributed by atoms with Crippen LogP contribution in [0.5, 0.6) is 11.5 Å². The first kappa shape index (κ1) is 22.7. The van der Waals surface area contributed by atoms with Gasteiger partial charge in [-0.15, -0.1) is 0 Å². The van der Waals surface area contributed by atoms with Gasteiger partial charge in [0.25, 0.3) is 5.91 Å². The van der Waals surface area contributed by atoms with Gasteiger partial charge in [-0.05, 0) is 61.9 Å². The average Bonchev–Trinajstić information content (AvgIpc) is 3.03. The molecule has 0 aliphatic rings. The van der Waals surface area contributed by atoms with Crippen molar-refractivity contribution >= 4 is 5.91 Å². The van der Waals surface area contributed by atoms with Crippen molar-refractivity contribution in [2.75, 3.05) is 0 Å². The van der Waals surface area contributed by atoms with Crippen LogP contribution in [0.15, 0.2) is 54.6 Å². The SMILES string of the molecule is CCCCc1c(-c2cccc(Oc3ccccc3)c2)c(C(N)=O)c(C)n1CCC(C)C. The normalized spacial score (nSPS) is 11.1. The number of aromatic nitrogens is 1. The van der Waals surface area contributed by atoms with Crippen molar-refractivity contribution in [1.29, 1.82) is 0 Å². The summed E-state index contributed by atoms with van der Waals surface area (Å²) in [7, 11) is 0. The summed E-state index contributed by atoms with van der Waals surface area (Å²) in [5.41, 5.74) is 10.6. The minimum Gasteiger partial charge on any atom is -0.457 e. The molecule has 164 valence electrons. The molecule has 31 heavy (non-hydrogen) atoms. The van der Waals surface area contributed by atoms with Gasteiger partial charge in [-0.25, -0.2) is 0 Å². The third kappa shape index (κ3) is 5.38. The lowest BCUT2D eigenvalue weighted by Gasteiger charge is -2.15. The maximum Gasteiger partial charge on any atom is 0.251 e. The van der Waals surface area contributed by atoms with Crippen LogP contribution in [0.3, 0.4) is 0 Å². The van der Waals surface area contributed by atoms with E-state index in [0.717, 1.165) is 60.5 Å². The molecule has 0 unspecified atom stereocenters. The van der Waals surface area contributed by atoms with Crippen molar-refractivity contribution in [3.8, 4) is 22.6 Å². The number of hydrogen-bond donors (Lipinski definition) is 1. The van der Waals surface area contributed by atoms with Crippen LogP contribution in [0.25, 0.3) is 11.1 Å². The first-order valence-electron chi connectivity index (χ1n) is 11.3. The van der Waals surface area contributed by atoms with E-state index in [9.17, 15) is 4.79 Å². The molecule has 1 heterocycles. The maximum absolute atomic E-state index is 12.5. The molecule has 1 aromatic heterocycles. The number of para-hydroxylation sites is 1. The maximum atomic E-state index is 12.5. The van der Waals surface area contributed by atoms with Crippen LogP contribution in [-0.4, -0.2) is 10.5 Å². The van der Waals surface area contributed by atoms with Crippen LogP contribution in [0.4, 0.5) is 0 Å². The molecular formula is C27H34N2O2. The van der Waals surface area contributed by atoms with Gasteiger partial charge in [-0.3, -0.25) is 4.79 Å². The number of unbranched alkanes of at least 4 members (excludes halogenated alkanes) is 1. The van der Waals surface area contributed by atoms with Gasteiger partial charge < -0.3 is 15.0 Å². The summed E-state index contributed by atoms with van der Waals surface area (Å²) in [4.78, 5) is 12.5. The minimum atomic E-state index is -0.372. The summed E-state index contributed by atoms with van der Waals surface area (Å²) in [6, 6.07) is 17.7. The standard InChI is InChI=1S/C27H34N2O2/c1-5-6-15-24-26(25(27(28)30)20(4)29(24)17-16-19(2)3)21-11-10-14-23(18-21)31-22-12-8-7-9-13-22/h7-14,18-19H,5-6,15-17H2,1-4H3,(H2,28,30). The van der Waals surface area contributed by atoms with E-state index in [4.69, 9.17) is 10.5 Å². The molecule has 1 amide bonds. The summed E-state index contributed by atoms with van der Waals surface area (Å²) in [6.45, 7) is 9.56. The lowest BCUT2D eigenvalue weighted by Crippen LogP contribution is -2.13. The van der Waals surface area contributed by atoms with Crippen LogP contribution < -0.4 is 10.5 Å². The Labute approximate surface area is 186 Å². The number of benzene rings is 2. The zero-order valence-electron chi connectivity index (χ0n) is 19.2. The molecule has 0 aliphatic heterocycles. The van der Waals surface area contributed by atoms with Crippen molar-refractivity contribution in [3.05, 3.63) is 71.5 Å². The lowest BCUT2D eigenvalue weighted by atomic mass is 9.97. The van der Waals surface area contributed by atoms with E-state index < -0.39 is 0 Å². The van der Waals surface area contributed by atoms with Crippen LogP contribution in [-0.2, 0) is 13.0 Å². The van der Waals surface area contributed by atoms with Crippen LogP contribution in [0.1, 0.15) is 61.8 Å². The molecule has 0 radical (unpaired) electrons. The highest BCUT2D eigenvalue weighted by atomic mass is 16.5. The third-order valence-corrected chi connectivity index (χ3v) is 5.68. The molecule has 0 fully saturated rings. The van der Waals surface area contributed by atoms with Crippen molar-refractivity contribution in [2.24, 2.45) is 11.7 Å². The number of rotatable bonds is 10. The Kier molecular flexibility index (Phi) is 7.56. The van der Waals surface area contributed by atoms with Crippen molar-refractivity contribution in [1.82, 2.24) is 4.57 Å². The predicted molar refractivity (Wildman–Crippen MR) is 128 cm³/mol. The van der Waals surface area contributed by atoms with Gasteiger partial charge in [0.1, 0.15) is 11.5 Å². The Balaban J connectivity index is 2.11. The molecule has 0 spiro atoms. The van der Waals surface area contributed by atoms with E-state index >= 15 is 0 Å². The summed E-state index contributed by atoms with van der Waals surface area (Å²) in [6.07, 6.45) is 4.14. The second-order valence-electron chi connectivity index (χ2n) is 8.53. The molecule has 0 aliphatic carbocycles. The van der Waals surface area contributed by atoms with Gasteiger partial charge in [0, 0.05) is 23.5 Å². The molecule has 2 aromatic carbocycles. The molecule has 4 heteroatoms. The Bertz CT molecular complexity index is 1020. The number of nitrogens with two attached hydrogens (primary N) is 1. The highest BCUT2D eigenvalue weighted by Crippen LogP contribution is 2.36. The van der Waals surface area contributed by atoms with Crippen molar-refractivity contribution < 1.29 is 9.53 Å². The molecule has 0 saturated heterocycles. The lowest BCUT2D eigenvalue weighted by molar-refractivity contribution is 0.1000. The highest BCUT2D eigenvalue weighted by molar-refractivity contribution is 6.02.